The van der Waals surface area contributed by atoms with E-state index in [1.807, 2.05) is 6.07 Å². The molecule has 144 valence electrons. The third kappa shape index (κ3) is 4.08. The zero-order valence-corrected chi connectivity index (χ0v) is 14.9. The van der Waals surface area contributed by atoms with Crippen molar-refractivity contribution in [3.05, 3.63) is 23.3 Å². The van der Waals surface area contributed by atoms with E-state index in [1.54, 1.807) is 11.0 Å². The molecule has 2 aliphatic rings. The molecular weight excluding hydrogens is 342 g/mol. The summed E-state index contributed by atoms with van der Waals surface area (Å²) < 4.78 is 6.19. The summed E-state index contributed by atoms with van der Waals surface area (Å²) >= 11 is 0. The minimum absolute atomic E-state index is 0.0235. The molecule has 2 atom stereocenters. The lowest BCUT2D eigenvalue weighted by Gasteiger charge is -2.45. The number of carboxylic acids is 2. The van der Waals surface area contributed by atoms with Crippen LogP contribution in [0.15, 0.2) is 12.1 Å². The Balaban J connectivity index is 0.000000352. The number of hydrogen-bond donors (Lipinski definition) is 4. The lowest BCUT2D eigenvalue weighted by atomic mass is 9.77. The molecule has 1 aromatic carbocycles. The predicted molar refractivity (Wildman–Crippen MR) is 88.8 cm³/mol. The van der Waals surface area contributed by atoms with Crippen molar-refractivity contribution >= 4 is 11.9 Å². The Bertz CT molecular complexity index is 676. The molecule has 1 heterocycles. The number of ether oxygens (including phenoxy) is 1. The van der Waals surface area contributed by atoms with Crippen molar-refractivity contribution in [1.82, 2.24) is 0 Å². The van der Waals surface area contributed by atoms with Crippen LogP contribution < -0.4 is 10.0 Å². The summed E-state index contributed by atoms with van der Waals surface area (Å²) in [5.74, 6) is -3.99. The van der Waals surface area contributed by atoms with Crippen molar-refractivity contribution in [2.45, 2.75) is 44.8 Å². The standard InChI is InChI=1S/C16H23NO3.C2H2O4/c1-11(2)17-8-9-20-16(10-17)7-3-4-12-13(16)5-6-14(18)15(12)19;3-1(4)2(5)6/h5-6,11,18-19H,3-4,7-10H2,1-2H3;(H,3,4)(H,5,6). The first kappa shape index (κ1) is 20.0. The summed E-state index contributed by atoms with van der Waals surface area (Å²) in [6.07, 6.45) is 2.81. The van der Waals surface area contributed by atoms with Crippen LogP contribution in [0, 0.1) is 0 Å². The number of fused-ring (bicyclic) bond motifs is 2. The lowest BCUT2D eigenvalue weighted by molar-refractivity contribution is -0.938. The van der Waals surface area contributed by atoms with Gasteiger partial charge in [0.1, 0.15) is 18.7 Å². The van der Waals surface area contributed by atoms with Gasteiger partial charge >= 0.3 is 5.97 Å². The molecule has 3 rings (SSSR count). The van der Waals surface area contributed by atoms with Gasteiger partial charge in [0.15, 0.2) is 17.5 Å². The maximum absolute atomic E-state index is 10.1. The fourth-order valence-corrected chi connectivity index (χ4v) is 3.70. The number of quaternary nitrogens is 1. The SMILES string of the molecule is CC(C)[NH+]1CCOC2(CCCc3c2ccc(O)c3O)C1.O=C([O-])C(=O)O. The highest BCUT2D eigenvalue weighted by atomic mass is 16.5. The second-order valence-corrected chi connectivity index (χ2v) is 6.99. The van der Waals surface area contributed by atoms with Gasteiger partial charge in [-0.25, -0.2) is 4.79 Å². The minimum atomic E-state index is -2.07. The summed E-state index contributed by atoms with van der Waals surface area (Å²) in [4.78, 5) is 19.6. The van der Waals surface area contributed by atoms with E-state index < -0.39 is 11.9 Å². The van der Waals surface area contributed by atoms with Crippen molar-refractivity contribution < 1.29 is 39.7 Å². The molecule has 1 aromatic rings. The molecule has 26 heavy (non-hydrogen) atoms. The maximum Gasteiger partial charge on any atom is 0.351 e. The van der Waals surface area contributed by atoms with Crippen molar-refractivity contribution in [1.29, 1.82) is 0 Å². The average Bonchev–Trinajstić information content (AvgIpc) is 2.59. The smallest absolute Gasteiger partial charge is 0.351 e. The summed E-state index contributed by atoms with van der Waals surface area (Å²) in [5.41, 5.74) is 1.68. The second kappa shape index (κ2) is 7.92. The number of rotatable bonds is 1. The van der Waals surface area contributed by atoms with Gasteiger partial charge in [0.25, 0.3) is 0 Å². The van der Waals surface area contributed by atoms with Crippen LogP contribution in [0.4, 0.5) is 0 Å². The van der Waals surface area contributed by atoms with E-state index >= 15 is 0 Å². The van der Waals surface area contributed by atoms with Gasteiger partial charge in [-0.15, -0.1) is 0 Å². The van der Waals surface area contributed by atoms with E-state index in [9.17, 15) is 10.2 Å². The van der Waals surface area contributed by atoms with E-state index in [0.717, 1.165) is 50.1 Å². The third-order valence-corrected chi connectivity index (χ3v) is 5.06. The lowest BCUT2D eigenvalue weighted by Crippen LogP contribution is -3.18. The van der Waals surface area contributed by atoms with E-state index in [-0.39, 0.29) is 17.1 Å². The molecule has 4 N–H and O–H groups in total. The molecule has 0 radical (unpaired) electrons. The number of carbonyl (C=O) groups excluding carboxylic acids is 1. The number of aromatic hydroxyl groups is 2. The number of phenols is 2. The van der Waals surface area contributed by atoms with E-state index in [2.05, 4.69) is 13.8 Å². The number of nitrogens with one attached hydrogen (secondary N) is 1. The quantitative estimate of drug-likeness (QED) is 0.361. The highest BCUT2D eigenvalue weighted by molar-refractivity contribution is 6.26. The number of morpholine rings is 1. The Hall–Kier alpha value is -2.32. The zero-order chi connectivity index (χ0) is 19.5. The molecule has 2 unspecified atom stereocenters. The molecule has 1 spiro atoms. The monoisotopic (exact) mass is 367 g/mol. The molecule has 1 fully saturated rings. The number of carbonyl (C=O) groups is 2. The van der Waals surface area contributed by atoms with Gasteiger partial charge in [-0.2, -0.15) is 0 Å². The van der Waals surface area contributed by atoms with Crippen molar-refractivity contribution in [3.8, 4) is 11.5 Å². The van der Waals surface area contributed by atoms with Crippen LogP contribution in [-0.4, -0.2) is 53.0 Å². The van der Waals surface area contributed by atoms with Gasteiger partial charge in [0, 0.05) is 5.56 Å². The molecule has 0 bridgehead atoms. The maximum atomic E-state index is 10.1. The largest absolute Gasteiger partial charge is 0.539 e. The number of hydrogen-bond acceptors (Lipinski definition) is 6. The molecular formula is C18H25NO7. The molecule has 1 aliphatic carbocycles. The third-order valence-electron chi connectivity index (χ3n) is 5.06. The van der Waals surface area contributed by atoms with Crippen LogP contribution >= 0.6 is 0 Å². The van der Waals surface area contributed by atoms with E-state index in [4.69, 9.17) is 24.5 Å². The Morgan fingerprint density at radius 2 is 1.96 bits per heavy atom. The highest BCUT2D eigenvalue weighted by Gasteiger charge is 2.45. The Labute approximate surface area is 151 Å². The van der Waals surface area contributed by atoms with Crippen molar-refractivity contribution in [2.24, 2.45) is 0 Å². The van der Waals surface area contributed by atoms with Crippen molar-refractivity contribution in [3.63, 3.8) is 0 Å². The summed E-state index contributed by atoms with van der Waals surface area (Å²) in [5, 5.41) is 36.1. The van der Waals surface area contributed by atoms with Crippen LogP contribution in [0.25, 0.3) is 0 Å². The molecule has 0 amide bonds. The van der Waals surface area contributed by atoms with Crippen molar-refractivity contribution in [2.75, 3.05) is 19.7 Å². The highest BCUT2D eigenvalue weighted by Crippen LogP contribution is 2.44. The van der Waals surface area contributed by atoms with E-state index in [1.165, 1.54) is 0 Å². The number of carboxylic acid groups (broad SMARTS) is 2. The summed E-state index contributed by atoms with van der Waals surface area (Å²) in [6.45, 7) is 7.23. The van der Waals surface area contributed by atoms with Gasteiger partial charge in [-0.3, -0.25) is 0 Å². The number of aliphatic carboxylic acids is 2. The van der Waals surface area contributed by atoms with Gasteiger partial charge in [0.2, 0.25) is 0 Å². The molecule has 0 saturated carbocycles. The normalized spacial score (nSPS) is 24.5. The first-order chi connectivity index (χ1) is 12.2. The van der Waals surface area contributed by atoms with Gasteiger partial charge in [0.05, 0.1) is 12.6 Å². The predicted octanol–water partition coefficient (Wildman–Crippen LogP) is -1.23. The topological polar surface area (TPSA) is 132 Å². The fraction of sp³-hybridized carbons (Fsp3) is 0.556. The second-order valence-electron chi connectivity index (χ2n) is 6.99. The average molecular weight is 367 g/mol. The molecule has 1 saturated heterocycles. The minimum Gasteiger partial charge on any atom is -0.539 e. The Morgan fingerprint density at radius 1 is 1.31 bits per heavy atom. The molecule has 8 nitrogen and oxygen atoms in total. The number of phenolic OH excluding ortho intramolecular Hbond substituents is 2. The van der Waals surface area contributed by atoms with Crippen LogP contribution in [0.1, 0.15) is 37.8 Å². The van der Waals surface area contributed by atoms with Crippen LogP contribution in [0.2, 0.25) is 0 Å². The van der Waals surface area contributed by atoms with Crippen LogP contribution in [0.5, 0.6) is 11.5 Å². The van der Waals surface area contributed by atoms with Crippen LogP contribution in [0.3, 0.4) is 0 Å². The Morgan fingerprint density at radius 3 is 2.54 bits per heavy atom. The summed E-state index contributed by atoms with van der Waals surface area (Å²) in [7, 11) is 0. The van der Waals surface area contributed by atoms with Gasteiger partial charge in [-0.1, -0.05) is 6.07 Å². The molecule has 0 aromatic heterocycles. The van der Waals surface area contributed by atoms with Gasteiger partial charge < -0.3 is 34.9 Å². The number of benzene rings is 1. The van der Waals surface area contributed by atoms with E-state index in [0.29, 0.717) is 6.04 Å². The first-order valence-electron chi connectivity index (χ1n) is 8.65. The zero-order valence-electron chi connectivity index (χ0n) is 14.9. The first-order valence-corrected chi connectivity index (χ1v) is 8.65. The van der Waals surface area contributed by atoms with Crippen LogP contribution in [-0.2, 0) is 26.3 Å². The molecule has 1 aliphatic heterocycles. The Kier molecular flexibility index (Phi) is 6.09. The van der Waals surface area contributed by atoms with Gasteiger partial charge in [-0.05, 0) is 44.7 Å². The molecule has 8 heteroatoms. The fourth-order valence-electron chi connectivity index (χ4n) is 3.70. The summed E-state index contributed by atoms with van der Waals surface area (Å²) in [6, 6.07) is 4.10.